The first-order chi connectivity index (χ1) is 7.26. The number of benzene rings is 1. The molecule has 3 atom stereocenters. The van der Waals surface area contributed by atoms with Gasteiger partial charge in [0.15, 0.2) is 0 Å². The predicted molar refractivity (Wildman–Crippen MR) is 60.1 cm³/mol. The SMILES string of the molecule is CCC1C(O)CC1c1ccc(OC)cc1. The van der Waals surface area contributed by atoms with E-state index in [-0.39, 0.29) is 6.10 Å². The van der Waals surface area contributed by atoms with Crippen molar-refractivity contribution in [3.8, 4) is 5.75 Å². The highest BCUT2D eigenvalue weighted by molar-refractivity contribution is 5.31. The van der Waals surface area contributed by atoms with Gasteiger partial charge in [-0.15, -0.1) is 0 Å². The van der Waals surface area contributed by atoms with E-state index in [0.29, 0.717) is 11.8 Å². The van der Waals surface area contributed by atoms with Crippen molar-refractivity contribution in [1.82, 2.24) is 0 Å². The Labute approximate surface area is 90.9 Å². The number of methoxy groups -OCH3 is 1. The van der Waals surface area contributed by atoms with Gasteiger partial charge in [0, 0.05) is 0 Å². The Bertz CT molecular complexity index is 318. The number of hydrogen-bond donors (Lipinski definition) is 1. The number of aliphatic hydroxyl groups is 1. The molecule has 0 aliphatic heterocycles. The van der Waals surface area contributed by atoms with E-state index in [0.717, 1.165) is 18.6 Å². The fraction of sp³-hybridized carbons (Fsp3) is 0.538. The van der Waals surface area contributed by atoms with Crippen molar-refractivity contribution in [3.05, 3.63) is 29.8 Å². The Morgan fingerprint density at radius 2 is 2.00 bits per heavy atom. The maximum absolute atomic E-state index is 9.62. The molecule has 0 aromatic heterocycles. The molecule has 2 heteroatoms. The fourth-order valence-corrected chi connectivity index (χ4v) is 2.47. The average Bonchev–Trinajstić information content (AvgIpc) is 2.26. The average molecular weight is 206 g/mol. The minimum atomic E-state index is -0.0953. The van der Waals surface area contributed by atoms with Crippen LogP contribution < -0.4 is 4.74 Å². The summed E-state index contributed by atoms with van der Waals surface area (Å²) in [4.78, 5) is 0. The van der Waals surface area contributed by atoms with Crippen molar-refractivity contribution in [2.24, 2.45) is 5.92 Å². The maximum Gasteiger partial charge on any atom is 0.118 e. The molecule has 0 radical (unpaired) electrons. The van der Waals surface area contributed by atoms with Gasteiger partial charge in [-0.25, -0.2) is 0 Å². The zero-order valence-corrected chi connectivity index (χ0v) is 9.31. The minimum absolute atomic E-state index is 0.0953. The number of rotatable bonds is 3. The molecule has 1 fully saturated rings. The smallest absolute Gasteiger partial charge is 0.118 e. The largest absolute Gasteiger partial charge is 0.497 e. The van der Waals surface area contributed by atoms with Crippen molar-refractivity contribution in [2.75, 3.05) is 7.11 Å². The summed E-state index contributed by atoms with van der Waals surface area (Å²) in [6.45, 7) is 2.14. The van der Waals surface area contributed by atoms with Gasteiger partial charge in [-0.1, -0.05) is 25.5 Å². The van der Waals surface area contributed by atoms with Crippen LogP contribution in [0.3, 0.4) is 0 Å². The molecule has 1 aromatic rings. The Morgan fingerprint density at radius 3 is 2.47 bits per heavy atom. The molecule has 0 bridgehead atoms. The van der Waals surface area contributed by atoms with Gasteiger partial charge in [0.1, 0.15) is 5.75 Å². The van der Waals surface area contributed by atoms with E-state index >= 15 is 0 Å². The van der Waals surface area contributed by atoms with Crippen molar-refractivity contribution in [3.63, 3.8) is 0 Å². The first-order valence-corrected chi connectivity index (χ1v) is 5.58. The van der Waals surface area contributed by atoms with Crippen molar-refractivity contribution in [1.29, 1.82) is 0 Å². The van der Waals surface area contributed by atoms with E-state index in [1.54, 1.807) is 7.11 Å². The summed E-state index contributed by atoms with van der Waals surface area (Å²) < 4.78 is 5.13. The molecule has 1 aliphatic carbocycles. The summed E-state index contributed by atoms with van der Waals surface area (Å²) in [5.74, 6) is 1.88. The van der Waals surface area contributed by atoms with Gasteiger partial charge in [0.2, 0.25) is 0 Å². The summed E-state index contributed by atoms with van der Waals surface area (Å²) in [5, 5.41) is 9.62. The molecule has 1 N–H and O–H groups in total. The van der Waals surface area contributed by atoms with Gasteiger partial charge in [-0.2, -0.15) is 0 Å². The summed E-state index contributed by atoms with van der Waals surface area (Å²) in [6.07, 6.45) is 1.87. The molecule has 2 rings (SSSR count). The van der Waals surface area contributed by atoms with Crippen LogP contribution in [0.4, 0.5) is 0 Å². The van der Waals surface area contributed by atoms with E-state index < -0.39 is 0 Å². The molecular formula is C13H18O2. The molecule has 1 aliphatic rings. The van der Waals surface area contributed by atoms with Crippen LogP contribution in [0.5, 0.6) is 5.75 Å². The van der Waals surface area contributed by atoms with Crippen LogP contribution in [0.25, 0.3) is 0 Å². The van der Waals surface area contributed by atoms with E-state index in [2.05, 4.69) is 19.1 Å². The Hall–Kier alpha value is -1.02. The lowest BCUT2D eigenvalue weighted by atomic mass is 9.66. The van der Waals surface area contributed by atoms with E-state index in [1.807, 2.05) is 12.1 Å². The molecule has 1 aromatic carbocycles. The monoisotopic (exact) mass is 206 g/mol. The lowest BCUT2D eigenvalue weighted by Crippen LogP contribution is -2.38. The summed E-state index contributed by atoms with van der Waals surface area (Å²) in [6, 6.07) is 8.20. The van der Waals surface area contributed by atoms with Crippen LogP contribution in [0.15, 0.2) is 24.3 Å². The quantitative estimate of drug-likeness (QED) is 0.823. The van der Waals surface area contributed by atoms with Crippen molar-refractivity contribution >= 4 is 0 Å². The molecule has 82 valence electrons. The lowest BCUT2D eigenvalue weighted by Gasteiger charge is -2.41. The molecule has 0 spiro atoms. The van der Waals surface area contributed by atoms with Crippen LogP contribution >= 0.6 is 0 Å². The molecular weight excluding hydrogens is 188 g/mol. The van der Waals surface area contributed by atoms with Gasteiger partial charge in [0.05, 0.1) is 13.2 Å². The number of aliphatic hydroxyl groups excluding tert-OH is 1. The third-order valence-electron chi connectivity index (χ3n) is 3.52. The van der Waals surface area contributed by atoms with Crippen LogP contribution in [0, 0.1) is 5.92 Å². The second-order valence-corrected chi connectivity index (χ2v) is 4.25. The number of ether oxygens (including phenoxy) is 1. The first kappa shape index (κ1) is 10.5. The summed E-state index contributed by atoms with van der Waals surface area (Å²) in [5.41, 5.74) is 1.33. The topological polar surface area (TPSA) is 29.5 Å². The fourth-order valence-electron chi connectivity index (χ4n) is 2.47. The van der Waals surface area contributed by atoms with E-state index in [1.165, 1.54) is 5.56 Å². The molecule has 3 unspecified atom stereocenters. The molecule has 15 heavy (non-hydrogen) atoms. The Kier molecular flexibility index (Phi) is 2.96. The minimum Gasteiger partial charge on any atom is -0.497 e. The highest BCUT2D eigenvalue weighted by Gasteiger charge is 2.39. The van der Waals surface area contributed by atoms with Crippen molar-refractivity contribution < 1.29 is 9.84 Å². The van der Waals surface area contributed by atoms with Crippen LogP contribution in [-0.4, -0.2) is 18.3 Å². The maximum atomic E-state index is 9.62. The zero-order chi connectivity index (χ0) is 10.8. The Morgan fingerprint density at radius 1 is 1.33 bits per heavy atom. The van der Waals surface area contributed by atoms with Crippen LogP contribution in [0.2, 0.25) is 0 Å². The first-order valence-electron chi connectivity index (χ1n) is 5.58. The highest BCUT2D eigenvalue weighted by atomic mass is 16.5. The normalized spacial score (nSPS) is 29.7. The zero-order valence-electron chi connectivity index (χ0n) is 9.31. The van der Waals surface area contributed by atoms with Gasteiger partial charge < -0.3 is 9.84 Å². The predicted octanol–water partition coefficient (Wildman–Crippen LogP) is 2.57. The third-order valence-corrected chi connectivity index (χ3v) is 3.52. The van der Waals surface area contributed by atoms with Gasteiger partial charge in [0.25, 0.3) is 0 Å². The van der Waals surface area contributed by atoms with Gasteiger partial charge in [-0.3, -0.25) is 0 Å². The van der Waals surface area contributed by atoms with Gasteiger partial charge in [-0.05, 0) is 36.0 Å². The highest BCUT2D eigenvalue weighted by Crippen LogP contribution is 2.44. The van der Waals surface area contributed by atoms with E-state index in [9.17, 15) is 5.11 Å². The standard InChI is InChI=1S/C13H18O2/c1-3-11-12(8-13(11)14)9-4-6-10(15-2)7-5-9/h4-7,11-14H,3,8H2,1-2H3. The summed E-state index contributed by atoms with van der Waals surface area (Å²) in [7, 11) is 1.68. The molecule has 1 saturated carbocycles. The molecule has 0 amide bonds. The second kappa shape index (κ2) is 4.23. The van der Waals surface area contributed by atoms with Crippen LogP contribution in [-0.2, 0) is 0 Å². The van der Waals surface area contributed by atoms with E-state index in [4.69, 9.17) is 4.74 Å². The third kappa shape index (κ3) is 1.86. The van der Waals surface area contributed by atoms with Crippen molar-refractivity contribution in [2.45, 2.75) is 31.8 Å². The molecule has 0 saturated heterocycles. The van der Waals surface area contributed by atoms with Crippen LogP contribution in [0.1, 0.15) is 31.2 Å². The molecule has 2 nitrogen and oxygen atoms in total. The Balaban J connectivity index is 2.10. The second-order valence-electron chi connectivity index (χ2n) is 4.25. The lowest BCUT2D eigenvalue weighted by molar-refractivity contribution is -0.000733. The summed E-state index contributed by atoms with van der Waals surface area (Å²) >= 11 is 0. The number of hydrogen-bond acceptors (Lipinski definition) is 2. The van der Waals surface area contributed by atoms with Gasteiger partial charge >= 0.3 is 0 Å². The molecule has 0 heterocycles.